The molecule has 1 amide bonds. The minimum absolute atomic E-state index is 0.0563. The van der Waals surface area contributed by atoms with Crippen LogP contribution in [0.2, 0.25) is 0 Å². The molecular formula is C18H19N3O. The van der Waals surface area contributed by atoms with E-state index < -0.39 is 0 Å². The van der Waals surface area contributed by atoms with E-state index in [0.717, 1.165) is 23.3 Å². The van der Waals surface area contributed by atoms with Crippen molar-refractivity contribution >= 4 is 11.4 Å². The molecule has 3 rings (SSSR count). The van der Waals surface area contributed by atoms with Crippen LogP contribution in [0.25, 0.3) is 5.52 Å². The first kappa shape index (κ1) is 14.3. The topological polar surface area (TPSA) is 46.4 Å². The van der Waals surface area contributed by atoms with Crippen LogP contribution in [0.1, 0.15) is 41.8 Å². The van der Waals surface area contributed by atoms with Crippen molar-refractivity contribution in [1.82, 2.24) is 14.7 Å². The Bertz CT molecular complexity index is 792. The van der Waals surface area contributed by atoms with E-state index in [1.165, 1.54) is 0 Å². The molecule has 0 radical (unpaired) electrons. The fourth-order valence-corrected chi connectivity index (χ4v) is 2.61. The maximum absolute atomic E-state index is 12.6. The molecule has 0 aliphatic carbocycles. The molecule has 4 heteroatoms. The van der Waals surface area contributed by atoms with E-state index in [-0.39, 0.29) is 11.9 Å². The molecule has 112 valence electrons. The van der Waals surface area contributed by atoms with Gasteiger partial charge in [-0.2, -0.15) is 0 Å². The second kappa shape index (κ2) is 6.02. The SMILES string of the molecule is CCc1nc(C(=O)NC(C)c2ccccc2)c2ccccn12. The Morgan fingerprint density at radius 2 is 1.91 bits per heavy atom. The van der Waals surface area contributed by atoms with Gasteiger partial charge in [0.15, 0.2) is 5.69 Å². The number of aryl methyl sites for hydroxylation is 1. The standard InChI is InChI=1S/C18H19N3O/c1-3-16-20-17(15-11-7-8-12-21(15)16)18(22)19-13(2)14-9-5-4-6-10-14/h4-13H,3H2,1-2H3,(H,19,22). The predicted molar refractivity (Wildman–Crippen MR) is 86.9 cm³/mol. The first-order chi connectivity index (χ1) is 10.7. The van der Waals surface area contributed by atoms with Crippen molar-refractivity contribution in [3.8, 4) is 0 Å². The van der Waals surface area contributed by atoms with Crippen LogP contribution in [0.3, 0.4) is 0 Å². The number of nitrogens with one attached hydrogen (secondary N) is 1. The third-order valence-corrected chi connectivity index (χ3v) is 3.80. The summed E-state index contributed by atoms with van der Waals surface area (Å²) in [4.78, 5) is 17.1. The highest BCUT2D eigenvalue weighted by atomic mass is 16.2. The van der Waals surface area contributed by atoms with Crippen molar-refractivity contribution in [2.24, 2.45) is 0 Å². The molecule has 1 unspecified atom stereocenters. The molecule has 1 aromatic carbocycles. The van der Waals surface area contributed by atoms with Crippen LogP contribution in [-0.4, -0.2) is 15.3 Å². The lowest BCUT2D eigenvalue weighted by Gasteiger charge is -2.13. The van der Waals surface area contributed by atoms with Gasteiger partial charge in [0, 0.05) is 12.6 Å². The Balaban J connectivity index is 1.90. The Kier molecular flexibility index (Phi) is 3.92. The highest BCUT2D eigenvalue weighted by molar-refractivity contribution is 5.99. The van der Waals surface area contributed by atoms with E-state index in [9.17, 15) is 4.79 Å². The molecule has 1 atom stereocenters. The number of carbonyl (C=O) groups excluding carboxylic acids is 1. The summed E-state index contributed by atoms with van der Waals surface area (Å²) in [6.07, 6.45) is 2.73. The van der Waals surface area contributed by atoms with Gasteiger partial charge < -0.3 is 9.72 Å². The van der Waals surface area contributed by atoms with Crippen LogP contribution < -0.4 is 5.32 Å². The van der Waals surface area contributed by atoms with Crippen molar-refractivity contribution in [1.29, 1.82) is 0 Å². The summed E-state index contributed by atoms with van der Waals surface area (Å²) < 4.78 is 1.97. The maximum Gasteiger partial charge on any atom is 0.272 e. The number of rotatable bonds is 4. The second-order valence-corrected chi connectivity index (χ2v) is 5.29. The molecule has 0 saturated heterocycles. The summed E-state index contributed by atoms with van der Waals surface area (Å²) in [6, 6.07) is 15.7. The number of aromatic nitrogens is 2. The van der Waals surface area contributed by atoms with Gasteiger partial charge in [0.1, 0.15) is 5.82 Å². The normalized spacial score (nSPS) is 12.3. The summed E-state index contributed by atoms with van der Waals surface area (Å²) in [5, 5.41) is 3.03. The summed E-state index contributed by atoms with van der Waals surface area (Å²) in [5.74, 6) is 0.757. The number of hydrogen-bond acceptors (Lipinski definition) is 2. The smallest absolute Gasteiger partial charge is 0.272 e. The van der Waals surface area contributed by atoms with Crippen LogP contribution in [0.5, 0.6) is 0 Å². The Hall–Kier alpha value is -2.62. The van der Waals surface area contributed by atoms with E-state index in [0.29, 0.717) is 5.69 Å². The van der Waals surface area contributed by atoms with Crippen molar-refractivity contribution in [2.45, 2.75) is 26.3 Å². The van der Waals surface area contributed by atoms with Gasteiger partial charge in [-0.15, -0.1) is 0 Å². The van der Waals surface area contributed by atoms with Gasteiger partial charge in [0.25, 0.3) is 5.91 Å². The van der Waals surface area contributed by atoms with Gasteiger partial charge in [-0.05, 0) is 24.6 Å². The average molecular weight is 293 g/mol. The number of amides is 1. The fraction of sp³-hybridized carbons (Fsp3) is 0.222. The molecule has 3 aromatic rings. The number of carbonyl (C=O) groups is 1. The Morgan fingerprint density at radius 1 is 1.18 bits per heavy atom. The summed E-state index contributed by atoms with van der Waals surface area (Å²) in [5.41, 5.74) is 2.41. The van der Waals surface area contributed by atoms with Crippen LogP contribution in [0.4, 0.5) is 0 Å². The molecule has 4 nitrogen and oxygen atoms in total. The van der Waals surface area contributed by atoms with Gasteiger partial charge in [0.2, 0.25) is 0 Å². The van der Waals surface area contributed by atoms with Gasteiger partial charge in [0.05, 0.1) is 11.6 Å². The van der Waals surface area contributed by atoms with Crippen LogP contribution in [0.15, 0.2) is 54.7 Å². The lowest BCUT2D eigenvalue weighted by Crippen LogP contribution is -2.27. The number of pyridine rings is 1. The van der Waals surface area contributed by atoms with Gasteiger partial charge in [-0.3, -0.25) is 4.79 Å². The largest absolute Gasteiger partial charge is 0.344 e. The Labute approximate surface area is 129 Å². The minimum Gasteiger partial charge on any atom is -0.344 e. The third-order valence-electron chi connectivity index (χ3n) is 3.80. The number of fused-ring (bicyclic) bond motifs is 1. The highest BCUT2D eigenvalue weighted by Crippen LogP contribution is 2.16. The molecule has 2 aromatic heterocycles. The summed E-state index contributed by atoms with van der Waals surface area (Å²) in [7, 11) is 0. The van der Waals surface area contributed by atoms with E-state index in [2.05, 4.69) is 10.3 Å². The van der Waals surface area contributed by atoms with Crippen molar-refractivity contribution in [2.75, 3.05) is 0 Å². The quantitative estimate of drug-likeness (QED) is 0.801. The first-order valence-electron chi connectivity index (χ1n) is 7.52. The number of benzene rings is 1. The minimum atomic E-state index is -0.139. The van der Waals surface area contributed by atoms with Crippen molar-refractivity contribution in [3.05, 3.63) is 71.8 Å². The summed E-state index contributed by atoms with van der Waals surface area (Å²) >= 11 is 0. The van der Waals surface area contributed by atoms with Gasteiger partial charge >= 0.3 is 0 Å². The number of nitrogens with zero attached hydrogens (tertiary/aromatic N) is 2. The lowest BCUT2D eigenvalue weighted by atomic mass is 10.1. The Morgan fingerprint density at radius 3 is 2.64 bits per heavy atom. The van der Waals surface area contributed by atoms with Crippen molar-refractivity contribution < 1.29 is 4.79 Å². The number of imidazole rings is 1. The van der Waals surface area contributed by atoms with E-state index in [1.807, 2.05) is 73.0 Å². The van der Waals surface area contributed by atoms with E-state index in [4.69, 9.17) is 0 Å². The van der Waals surface area contributed by atoms with Crippen molar-refractivity contribution in [3.63, 3.8) is 0 Å². The van der Waals surface area contributed by atoms with Gasteiger partial charge in [-0.1, -0.05) is 43.3 Å². The molecule has 2 heterocycles. The molecule has 0 fully saturated rings. The summed E-state index contributed by atoms with van der Waals surface area (Å²) in [6.45, 7) is 4.02. The molecule has 1 N–H and O–H groups in total. The molecule has 0 bridgehead atoms. The molecule has 0 aliphatic heterocycles. The maximum atomic E-state index is 12.6. The van der Waals surface area contributed by atoms with E-state index >= 15 is 0 Å². The predicted octanol–water partition coefficient (Wildman–Crippen LogP) is 3.39. The average Bonchev–Trinajstić information content (AvgIpc) is 2.94. The first-order valence-corrected chi connectivity index (χ1v) is 7.52. The van der Waals surface area contributed by atoms with Crippen LogP contribution >= 0.6 is 0 Å². The van der Waals surface area contributed by atoms with E-state index in [1.54, 1.807) is 0 Å². The molecule has 0 aliphatic rings. The third kappa shape index (κ3) is 2.60. The fourth-order valence-electron chi connectivity index (χ4n) is 2.61. The zero-order chi connectivity index (χ0) is 15.5. The van der Waals surface area contributed by atoms with Gasteiger partial charge in [-0.25, -0.2) is 4.98 Å². The second-order valence-electron chi connectivity index (χ2n) is 5.29. The molecular weight excluding hydrogens is 274 g/mol. The highest BCUT2D eigenvalue weighted by Gasteiger charge is 2.18. The molecule has 0 spiro atoms. The van der Waals surface area contributed by atoms with Crippen LogP contribution in [0, 0.1) is 0 Å². The monoisotopic (exact) mass is 293 g/mol. The zero-order valence-electron chi connectivity index (χ0n) is 12.8. The van der Waals surface area contributed by atoms with Crippen LogP contribution in [-0.2, 0) is 6.42 Å². The zero-order valence-corrected chi connectivity index (χ0v) is 12.8. The molecule has 0 saturated carbocycles. The number of hydrogen-bond donors (Lipinski definition) is 1. The molecule has 22 heavy (non-hydrogen) atoms. The lowest BCUT2D eigenvalue weighted by molar-refractivity contribution is 0.0937.